The van der Waals surface area contributed by atoms with Crippen LogP contribution in [0.15, 0.2) is 189 Å². The second-order valence-electron chi connectivity index (χ2n) is 13.2. The quantitative estimate of drug-likeness (QED) is 0.0932. The summed E-state index contributed by atoms with van der Waals surface area (Å²) < 4.78 is 28.0. The highest BCUT2D eigenvalue weighted by atomic mass is 16.5. The van der Waals surface area contributed by atoms with Gasteiger partial charge in [0.05, 0.1) is 33.0 Å². The average Bonchev–Trinajstić information content (AvgIpc) is 3.34. The monoisotopic (exact) mass is 844 g/mol. The minimum absolute atomic E-state index is 0.0928. The Kier molecular flexibility index (Phi) is 16.9. The normalized spacial score (nSPS) is 10.2. The maximum atomic E-state index is 12.8. The standard InChI is InChI=1S/C26H20O5.C23H16O5.2C2H6/c1-2-13-29-26(28)20-10-6-7-18(14-20)16-30-21-11-12-22-24(15-21)31-17-23(25(22)27)19-8-4-3-5-9-19;24-22-19-10-9-18(27-13-15-5-4-8-17(11-15)23(25)26)12-21(19)28-14-20(22)16-6-2-1-3-7-16;2*1-2/h2-12,14-15,17H,1,13,16H2;1-12,14H,13H2,(H,25,26);2*1-2H3. The van der Waals surface area contributed by atoms with Crippen LogP contribution < -0.4 is 20.3 Å². The van der Waals surface area contributed by atoms with Gasteiger partial charge in [0.25, 0.3) is 0 Å². The van der Waals surface area contributed by atoms with E-state index in [2.05, 4.69) is 6.58 Å². The molecule has 0 fully saturated rings. The van der Waals surface area contributed by atoms with Gasteiger partial charge in [-0.1, -0.05) is 125 Å². The van der Waals surface area contributed by atoms with Crippen LogP contribution in [0.4, 0.5) is 0 Å². The fourth-order valence-electron chi connectivity index (χ4n) is 6.16. The van der Waals surface area contributed by atoms with Gasteiger partial charge in [0.1, 0.15) is 55.0 Å². The Morgan fingerprint density at radius 3 is 1.46 bits per heavy atom. The van der Waals surface area contributed by atoms with E-state index in [9.17, 15) is 19.2 Å². The predicted octanol–water partition coefficient (Wildman–Crippen LogP) is 12.2. The summed E-state index contributed by atoms with van der Waals surface area (Å²) in [4.78, 5) is 48.6. The maximum Gasteiger partial charge on any atom is 0.338 e. The van der Waals surface area contributed by atoms with Crippen LogP contribution in [0.1, 0.15) is 59.5 Å². The number of aromatic carboxylic acids is 1. The number of hydrogen-bond donors (Lipinski definition) is 1. The SMILES string of the molecule is C=CCOC(=O)c1cccc(COc2ccc3c(=O)c(-c4ccccc4)coc3c2)c1.CC.CC.O=C(O)c1cccc(COc2ccc3c(=O)c(-c4ccccc4)coc3c2)c1. The topological polar surface area (TPSA) is 142 Å². The van der Waals surface area contributed by atoms with Crippen molar-refractivity contribution in [2.75, 3.05) is 6.61 Å². The Morgan fingerprint density at radius 2 is 1.02 bits per heavy atom. The molecule has 0 aliphatic rings. The number of hydrogen-bond acceptors (Lipinski definition) is 9. The number of rotatable bonds is 12. The first-order chi connectivity index (χ1) is 30.8. The fourth-order valence-corrected chi connectivity index (χ4v) is 6.16. The Morgan fingerprint density at radius 1 is 0.571 bits per heavy atom. The Labute approximate surface area is 365 Å². The van der Waals surface area contributed by atoms with Gasteiger partial charge < -0.3 is 28.2 Å². The molecule has 10 heteroatoms. The molecule has 6 aromatic carbocycles. The molecule has 0 aliphatic carbocycles. The van der Waals surface area contributed by atoms with E-state index in [-0.39, 0.29) is 36.2 Å². The summed E-state index contributed by atoms with van der Waals surface area (Å²) in [6.07, 6.45) is 4.45. The molecule has 0 spiro atoms. The molecule has 2 aromatic heterocycles. The van der Waals surface area contributed by atoms with Gasteiger partial charge in [-0.05, 0) is 70.8 Å². The number of benzene rings is 6. The minimum Gasteiger partial charge on any atom is -0.489 e. The van der Waals surface area contributed by atoms with Crippen molar-refractivity contribution in [1.29, 1.82) is 0 Å². The summed E-state index contributed by atoms with van der Waals surface area (Å²) in [6, 6.07) is 42.5. The molecule has 0 saturated heterocycles. The molecule has 1 N–H and O–H groups in total. The van der Waals surface area contributed by atoms with Gasteiger partial charge in [0.15, 0.2) is 10.9 Å². The summed E-state index contributed by atoms with van der Waals surface area (Å²) in [5, 5.41) is 10.0. The van der Waals surface area contributed by atoms with Gasteiger partial charge in [0, 0.05) is 12.1 Å². The highest BCUT2D eigenvalue weighted by Gasteiger charge is 2.13. The molecule has 0 unspecified atom stereocenters. The number of fused-ring (bicyclic) bond motifs is 2. The molecular weight excluding hydrogens is 797 g/mol. The molecule has 0 atom stereocenters. The van der Waals surface area contributed by atoms with Crippen molar-refractivity contribution in [1.82, 2.24) is 0 Å². The number of carbonyl (C=O) groups is 2. The van der Waals surface area contributed by atoms with Crippen molar-refractivity contribution in [3.63, 3.8) is 0 Å². The van der Waals surface area contributed by atoms with Gasteiger partial charge in [-0.2, -0.15) is 0 Å². The van der Waals surface area contributed by atoms with Crippen LogP contribution in [0, 0.1) is 0 Å². The third-order valence-corrected chi connectivity index (χ3v) is 9.14. The van der Waals surface area contributed by atoms with Crippen molar-refractivity contribution in [2.45, 2.75) is 40.9 Å². The van der Waals surface area contributed by atoms with E-state index in [1.807, 2.05) is 94.4 Å². The van der Waals surface area contributed by atoms with E-state index in [0.29, 0.717) is 50.1 Å². The fraction of sp³-hybridized carbons (Fsp3) is 0.132. The zero-order valence-electron chi connectivity index (χ0n) is 35.5. The van der Waals surface area contributed by atoms with Crippen molar-refractivity contribution >= 4 is 33.9 Å². The van der Waals surface area contributed by atoms with E-state index in [1.54, 1.807) is 72.8 Å². The van der Waals surface area contributed by atoms with Crippen LogP contribution in [-0.4, -0.2) is 23.7 Å². The van der Waals surface area contributed by atoms with E-state index in [4.69, 9.17) is 28.2 Å². The molecule has 0 radical (unpaired) electrons. The summed E-state index contributed by atoms with van der Waals surface area (Å²) in [7, 11) is 0. The highest BCUT2D eigenvalue weighted by molar-refractivity contribution is 5.90. The maximum absolute atomic E-state index is 12.8. The highest BCUT2D eigenvalue weighted by Crippen LogP contribution is 2.25. The minimum atomic E-state index is -0.983. The number of ether oxygens (including phenoxy) is 3. The van der Waals surface area contributed by atoms with Gasteiger partial charge in [-0.15, -0.1) is 0 Å². The second-order valence-corrected chi connectivity index (χ2v) is 13.2. The largest absolute Gasteiger partial charge is 0.489 e. The van der Waals surface area contributed by atoms with Crippen molar-refractivity contribution in [2.24, 2.45) is 0 Å². The van der Waals surface area contributed by atoms with Crippen LogP contribution in [0.5, 0.6) is 11.5 Å². The van der Waals surface area contributed by atoms with E-state index in [0.717, 1.165) is 22.3 Å². The van der Waals surface area contributed by atoms with E-state index >= 15 is 0 Å². The number of esters is 1. The number of carboxylic acids is 1. The van der Waals surface area contributed by atoms with Crippen LogP contribution in [0.2, 0.25) is 0 Å². The lowest BCUT2D eigenvalue weighted by Gasteiger charge is -2.09. The van der Waals surface area contributed by atoms with Gasteiger partial charge >= 0.3 is 11.9 Å². The first-order valence-corrected chi connectivity index (χ1v) is 20.4. The van der Waals surface area contributed by atoms with Gasteiger partial charge in [-0.25, -0.2) is 9.59 Å². The smallest absolute Gasteiger partial charge is 0.338 e. The zero-order chi connectivity index (χ0) is 45.1. The Bertz CT molecular complexity index is 2900. The third-order valence-electron chi connectivity index (χ3n) is 9.14. The summed E-state index contributed by atoms with van der Waals surface area (Å²) in [5.41, 5.74) is 5.52. The zero-order valence-corrected chi connectivity index (χ0v) is 35.5. The van der Waals surface area contributed by atoms with Crippen LogP contribution in [0.25, 0.3) is 44.2 Å². The molecule has 2 heterocycles. The molecule has 10 nitrogen and oxygen atoms in total. The first kappa shape index (κ1) is 46.1. The molecule has 0 bridgehead atoms. The van der Waals surface area contributed by atoms with Crippen molar-refractivity contribution in [3.8, 4) is 33.8 Å². The lowest BCUT2D eigenvalue weighted by molar-refractivity contribution is 0.0549. The molecule has 8 rings (SSSR count). The Hall–Kier alpha value is -7.98. The third kappa shape index (κ3) is 12.1. The number of carbonyl (C=O) groups excluding carboxylic acids is 1. The van der Waals surface area contributed by atoms with E-state index < -0.39 is 11.9 Å². The van der Waals surface area contributed by atoms with Crippen molar-refractivity contribution < 1.29 is 37.7 Å². The van der Waals surface area contributed by atoms with E-state index in [1.165, 1.54) is 24.7 Å². The van der Waals surface area contributed by atoms with Gasteiger partial charge in [-0.3, -0.25) is 9.59 Å². The summed E-state index contributed by atoms with van der Waals surface area (Å²) >= 11 is 0. The molecular formula is C53H48O10. The van der Waals surface area contributed by atoms with Crippen LogP contribution >= 0.6 is 0 Å². The predicted molar refractivity (Wildman–Crippen MR) is 248 cm³/mol. The lowest BCUT2D eigenvalue weighted by atomic mass is 10.1. The molecule has 320 valence electrons. The molecule has 63 heavy (non-hydrogen) atoms. The summed E-state index contributed by atoms with van der Waals surface area (Å²) in [6.45, 7) is 12.1. The molecule has 0 saturated carbocycles. The second kappa shape index (κ2) is 23.1. The van der Waals surface area contributed by atoms with Crippen LogP contribution in [0.3, 0.4) is 0 Å². The van der Waals surface area contributed by atoms with Gasteiger partial charge in [0.2, 0.25) is 0 Å². The molecule has 8 aromatic rings. The summed E-state index contributed by atoms with van der Waals surface area (Å²) in [5.74, 6) is -0.307. The van der Waals surface area contributed by atoms with Crippen LogP contribution in [-0.2, 0) is 18.0 Å². The average molecular weight is 845 g/mol. The van der Waals surface area contributed by atoms with Crippen molar-refractivity contribution in [3.05, 3.63) is 213 Å². The molecule has 0 amide bonds. The Balaban J connectivity index is 0.000000221. The lowest BCUT2D eigenvalue weighted by Crippen LogP contribution is -2.06. The molecule has 0 aliphatic heterocycles. The first-order valence-electron chi connectivity index (χ1n) is 20.4. The number of carboxylic acid groups (broad SMARTS) is 1.